The molecule has 106 valence electrons. The summed E-state index contributed by atoms with van der Waals surface area (Å²) in [6.07, 6.45) is -0.712. The van der Waals surface area contributed by atoms with Gasteiger partial charge >= 0.3 is 6.09 Å². The molecular weight excluding hydrogens is 242 g/mol. The highest BCUT2D eigenvalue weighted by molar-refractivity contribution is 5.67. The Hall–Kier alpha value is -1.55. The summed E-state index contributed by atoms with van der Waals surface area (Å²) < 4.78 is 26.3. The number of hydrogen-bond acceptors (Lipinski definition) is 3. The fourth-order valence-corrected chi connectivity index (χ4v) is 1.28. The molecule has 19 heavy (non-hydrogen) atoms. The molecule has 0 unspecified atom stereocenters. The van der Waals surface area contributed by atoms with Gasteiger partial charge < -0.3 is 14.4 Å². The van der Waals surface area contributed by atoms with E-state index in [0.717, 1.165) is 10.5 Å². The van der Waals surface area contributed by atoms with Crippen molar-refractivity contribution in [3.05, 3.63) is 35.9 Å². The molecule has 0 N–H and O–H groups in total. The van der Waals surface area contributed by atoms with Gasteiger partial charge in [0.1, 0.15) is 5.60 Å². The van der Waals surface area contributed by atoms with Crippen LogP contribution in [0.4, 0.5) is 4.79 Å². The second-order valence-electron chi connectivity index (χ2n) is 5.18. The summed E-state index contributed by atoms with van der Waals surface area (Å²) in [4.78, 5) is 12.8. The summed E-state index contributed by atoms with van der Waals surface area (Å²) in [5.41, 5.74) is 0.292. The Bertz CT molecular complexity index is 458. The van der Waals surface area contributed by atoms with Crippen LogP contribution >= 0.6 is 0 Å². The van der Waals surface area contributed by atoms with Crippen LogP contribution in [0.5, 0.6) is 0 Å². The molecule has 0 bridgehead atoms. The van der Waals surface area contributed by atoms with Gasteiger partial charge in [-0.05, 0) is 26.3 Å². The molecule has 0 aliphatic rings. The Morgan fingerprint density at radius 3 is 2.53 bits per heavy atom. The number of carbonyl (C=O) groups is 1. The van der Waals surface area contributed by atoms with Crippen molar-refractivity contribution in [2.45, 2.75) is 33.0 Å². The second kappa shape index (κ2) is 7.14. The zero-order valence-electron chi connectivity index (χ0n) is 14.0. The molecule has 1 amide bonds. The maximum atomic E-state index is 11.8. The number of amides is 1. The summed E-state index contributed by atoms with van der Waals surface area (Å²) in [6.45, 7) is 3.35. The SMILES string of the molecule is [2H]C([2H])(COCc1ccccc1)N(C)C(=O)OC(C)(C)C. The highest BCUT2D eigenvalue weighted by atomic mass is 16.6. The van der Waals surface area contributed by atoms with Gasteiger partial charge in [-0.1, -0.05) is 30.3 Å². The predicted octanol–water partition coefficient (Wildman–Crippen LogP) is 3.07. The molecule has 0 heterocycles. The maximum absolute atomic E-state index is 11.8. The lowest BCUT2D eigenvalue weighted by Gasteiger charge is -2.24. The summed E-state index contributed by atoms with van der Waals surface area (Å²) >= 11 is 0. The van der Waals surface area contributed by atoms with Crippen molar-refractivity contribution in [3.8, 4) is 0 Å². The van der Waals surface area contributed by atoms with Crippen LogP contribution in [0.3, 0.4) is 0 Å². The number of benzene rings is 1. The summed E-state index contributed by atoms with van der Waals surface area (Å²) in [5.74, 6) is 0. The first-order valence-corrected chi connectivity index (χ1v) is 6.20. The zero-order valence-corrected chi connectivity index (χ0v) is 12.0. The molecular formula is C15H23NO3. The first kappa shape index (κ1) is 12.5. The van der Waals surface area contributed by atoms with Gasteiger partial charge in [0, 0.05) is 13.5 Å². The standard InChI is InChI=1S/C15H23NO3/c1-15(2,3)19-14(17)16(4)10-11-18-12-13-8-6-5-7-9-13/h5-9H,10-12H2,1-4H3/i10D2. The van der Waals surface area contributed by atoms with Crippen LogP contribution in [0.25, 0.3) is 0 Å². The van der Waals surface area contributed by atoms with E-state index in [1.807, 2.05) is 30.3 Å². The van der Waals surface area contributed by atoms with Gasteiger partial charge in [-0.15, -0.1) is 0 Å². The molecule has 4 nitrogen and oxygen atoms in total. The third-order valence-electron chi connectivity index (χ3n) is 2.18. The van der Waals surface area contributed by atoms with Crippen LogP contribution in [0, 0.1) is 0 Å². The molecule has 0 aliphatic heterocycles. The number of likely N-dealkylation sites (N-methyl/N-ethyl adjacent to an activating group) is 1. The van der Waals surface area contributed by atoms with E-state index in [-0.39, 0.29) is 6.61 Å². The summed E-state index contributed by atoms with van der Waals surface area (Å²) in [5, 5.41) is 0. The van der Waals surface area contributed by atoms with Crippen molar-refractivity contribution < 1.29 is 17.0 Å². The fraction of sp³-hybridized carbons (Fsp3) is 0.533. The van der Waals surface area contributed by atoms with E-state index in [2.05, 4.69) is 0 Å². The molecule has 1 aromatic rings. The molecule has 1 rings (SSSR count). The van der Waals surface area contributed by atoms with Crippen LogP contribution in [0.15, 0.2) is 30.3 Å². The minimum Gasteiger partial charge on any atom is -0.444 e. The Kier molecular flexibility index (Phi) is 4.69. The average Bonchev–Trinajstić information content (AvgIpc) is 2.37. The van der Waals surface area contributed by atoms with Crippen molar-refractivity contribution in [2.24, 2.45) is 0 Å². The van der Waals surface area contributed by atoms with E-state index in [1.54, 1.807) is 20.8 Å². The lowest BCUT2D eigenvalue weighted by atomic mass is 10.2. The van der Waals surface area contributed by atoms with Crippen molar-refractivity contribution in [1.29, 1.82) is 0 Å². The van der Waals surface area contributed by atoms with E-state index in [1.165, 1.54) is 7.05 Å². The van der Waals surface area contributed by atoms with Gasteiger partial charge in [0.25, 0.3) is 0 Å². The van der Waals surface area contributed by atoms with E-state index in [0.29, 0.717) is 6.61 Å². The Labute approximate surface area is 118 Å². The van der Waals surface area contributed by atoms with Crippen LogP contribution < -0.4 is 0 Å². The molecule has 4 heteroatoms. The fourth-order valence-electron chi connectivity index (χ4n) is 1.28. The van der Waals surface area contributed by atoms with Gasteiger partial charge in [-0.2, -0.15) is 0 Å². The molecule has 0 aromatic heterocycles. The van der Waals surface area contributed by atoms with Gasteiger partial charge in [0.15, 0.2) is 0 Å². The molecule has 0 saturated carbocycles. The van der Waals surface area contributed by atoms with Crippen molar-refractivity contribution >= 4 is 6.09 Å². The quantitative estimate of drug-likeness (QED) is 0.823. The van der Waals surface area contributed by atoms with Crippen LogP contribution in [0.1, 0.15) is 29.1 Å². The number of nitrogens with zero attached hydrogens (tertiary/aromatic N) is 1. The van der Waals surface area contributed by atoms with Crippen molar-refractivity contribution in [2.75, 3.05) is 20.2 Å². The Balaban J connectivity index is 2.50. The number of rotatable bonds is 5. The maximum Gasteiger partial charge on any atom is 0.410 e. The van der Waals surface area contributed by atoms with Crippen LogP contribution in [-0.2, 0) is 16.1 Å². The first-order chi connectivity index (χ1) is 9.62. The molecule has 0 spiro atoms. The minimum absolute atomic E-state index is 0.225. The highest BCUT2D eigenvalue weighted by Gasteiger charge is 2.19. The lowest BCUT2D eigenvalue weighted by molar-refractivity contribution is 0.0221. The van der Waals surface area contributed by atoms with E-state index in [9.17, 15) is 4.79 Å². The van der Waals surface area contributed by atoms with Crippen LogP contribution in [0.2, 0.25) is 0 Å². The van der Waals surface area contributed by atoms with Crippen LogP contribution in [-0.4, -0.2) is 36.7 Å². The predicted molar refractivity (Wildman–Crippen MR) is 75.0 cm³/mol. The van der Waals surface area contributed by atoms with Gasteiger partial charge in [-0.3, -0.25) is 0 Å². The number of ether oxygens (including phenoxy) is 2. The largest absolute Gasteiger partial charge is 0.444 e. The smallest absolute Gasteiger partial charge is 0.410 e. The van der Waals surface area contributed by atoms with E-state index >= 15 is 0 Å². The molecule has 0 atom stereocenters. The van der Waals surface area contributed by atoms with Gasteiger partial charge in [0.05, 0.1) is 16.0 Å². The minimum atomic E-state index is -1.93. The van der Waals surface area contributed by atoms with Gasteiger partial charge in [0.2, 0.25) is 0 Å². The van der Waals surface area contributed by atoms with Crippen molar-refractivity contribution in [1.82, 2.24) is 4.90 Å². The lowest BCUT2D eigenvalue weighted by Crippen LogP contribution is -2.36. The Morgan fingerprint density at radius 2 is 1.95 bits per heavy atom. The molecule has 0 saturated heterocycles. The first-order valence-electron chi connectivity index (χ1n) is 7.20. The Morgan fingerprint density at radius 1 is 1.32 bits per heavy atom. The highest BCUT2D eigenvalue weighted by Crippen LogP contribution is 2.09. The van der Waals surface area contributed by atoms with E-state index < -0.39 is 18.2 Å². The summed E-state index contributed by atoms with van der Waals surface area (Å²) in [7, 11) is 1.36. The van der Waals surface area contributed by atoms with Gasteiger partial charge in [-0.25, -0.2) is 4.79 Å². The number of carbonyl (C=O) groups excluding carboxylic acids is 1. The topological polar surface area (TPSA) is 38.8 Å². The third kappa shape index (κ3) is 6.82. The molecule has 0 fully saturated rings. The van der Waals surface area contributed by atoms with E-state index in [4.69, 9.17) is 12.2 Å². The molecule has 0 aliphatic carbocycles. The normalized spacial score (nSPS) is 13.5. The van der Waals surface area contributed by atoms with Crippen molar-refractivity contribution in [3.63, 3.8) is 0 Å². The molecule has 1 aromatic carbocycles. The zero-order chi connectivity index (χ0) is 16.1. The molecule has 0 radical (unpaired) electrons. The average molecular weight is 267 g/mol. The monoisotopic (exact) mass is 267 g/mol. The summed E-state index contributed by atoms with van der Waals surface area (Å²) in [6, 6.07) is 9.47. The third-order valence-corrected chi connectivity index (χ3v) is 2.18. The number of hydrogen-bond donors (Lipinski definition) is 0. The second-order valence-corrected chi connectivity index (χ2v) is 5.18.